The number of aromatic amines is 2. The molecular formula is C27H21N7. The third-order valence-corrected chi connectivity index (χ3v) is 5.61. The standard InChI is InChI=1S/C27H21N7/c28-27(29)34-17-3-1-16(2-4-17)25-14-24-13-22-8-7-20(31-22)11-18-5-6-19(30-18)12-21-9-10-23(32-21)15-26(25)33-24/h1-15,31,33H,(H4,28,29,34). The molecule has 3 aromatic heterocycles. The normalized spacial score (nSPS) is 12.1. The van der Waals surface area contributed by atoms with E-state index in [0.717, 1.165) is 56.0 Å². The predicted octanol–water partition coefficient (Wildman–Crippen LogP) is 5.23. The lowest BCUT2D eigenvalue weighted by molar-refractivity contribution is 1.28. The van der Waals surface area contributed by atoms with Crippen LogP contribution in [0.5, 0.6) is 0 Å². The van der Waals surface area contributed by atoms with E-state index in [-0.39, 0.29) is 5.96 Å². The Bertz CT molecular complexity index is 1660. The lowest BCUT2D eigenvalue weighted by Crippen LogP contribution is -2.21. The minimum absolute atomic E-state index is 0.0368. The van der Waals surface area contributed by atoms with Gasteiger partial charge in [-0.15, -0.1) is 0 Å². The predicted molar refractivity (Wildman–Crippen MR) is 140 cm³/mol. The summed E-state index contributed by atoms with van der Waals surface area (Å²) >= 11 is 0. The number of nitrogens with two attached hydrogens (primary N) is 2. The molecule has 0 saturated carbocycles. The van der Waals surface area contributed by atoms with Gasteiger partial charge in [0.2, 0.25) is 0 Å². The summed E-state index contributed by atoms with van der Waals surface area (Å²) in [7, 11) is 0. The van der Waals surface area contributed by atoms with Crippen LogP contribution in [0.15, 0.2) is 71.7 Å². The zero-order chi connectivity index (χ0) is 23.1. The number of H-pyrrole nitrogens is 2. The van der Waals surface area contributed by atoms with Crippen molar-refractivity contribution >= 4 is 58.0 Å². The first-order valence-corrected chi connectivity index (χ1v) is 10.9. The molecule has 0 spiro atoms. The quantitative estimate of drug-likeness (QED) is 0.216. The molecule has 0 atom stereocenters. The van der Waals surface area contributed by atoms with Crippen molar-refractivity contribution in [3.05, 3.63) is 89.5 Å². The van der Waals surface area contributed by atoms with E-state index in [4.69, 9.17) is 16.5 Å². The van der Waals surface area contributed by atoms with E-state index in [1.54, 1.807) is 0 Å². The van der Waals surface area contributed by atoms with Gasteiger partial charge < -0.3 is 21.4 Å². The molecule has 6 N–H and O–H groups in total. The zero-order valence-electron chi connectivity index (χ0n) is 18.2. The number of benzene rings is 1. The molecule has 0 radical (unpaired) electrons. The first-order chi connectivity index (χ1) is 16.6. The molecule has 7 heteroatoms. The van der Waals surface area contributed by atoms with Gasteiger partial charge in [0, 0.05) is 27.6 Å². The third kappa shape index (κ3) is 3.98. The van der Waals surface area contributed by atoms with E-state index in [1.807, 2.05) is 66.8 Å². The highest BCUT2D eigenvalue weighted by atomic mass is 15.0. The second-order valence-corrected chi connectivity index (χ2v) is 8.17. The van der Waals surface area contributed by atoms with Crippen molar-refractivity contribution < 1.29 is 0 Å². The largest absolute Gasteiger partial charge is 0.370 e. The van der Waals surface area contributed by atoms with Gasteiger partial charge >= 0.3 is 0 Å². The number of aliphatic imine (C=N–C) groups is 1. The monoisotopic (exact) mass is 443 g/mol. The van der Waals surface area contributed by atoms with Crippen LogP contribution in [0.4, 0.5) is 5.69 Å². The third-order valence-electron chi connectivity index (χ3n) is 5.61. The maximum Gasteiger partial charge on any atom is 0.191 e. The van der Waals surface area contributed by atoms with Gasteiger partial charge in [0.05, 0.1) is 28.5 Å². The number of hydrogen-bond acceptors (Lipinski definition) is 3. The molecule has 2 aliphatic rings. The van der Waals surface area contributed by atoms with Gasteiger partial charge in [-0.3, -0.25) is 0 Å². The fraction of sp³-hybridized carbons (Fsp3) is 0. The molecule has 2 aliphatic heterocycles. The van der Waals surface area contributed by atoms with Crippen molar-refractivity contribution in [1.82, 2.24) is 19.9 Å². The molecule has 0 unspecified atom stereocenters. The number of rotatable bonds is 2. The number of guanidine groups is 1. The van der Waals surface area contributed by atoms with Crippen LogP contribution < -0.4 is 11.5 Å². The Kier molecular flexibility index (Phi) is 4.59. The molecule has 5 heterocycles. The first-order valence-electron chi connectivity index (χ1n) is 10.9. The van der Waals surface area contributed by atoms with Crippen molar-refractivity contribution in [2.24, 2.45) is 16.5 Å². The molecule has 0 fully saturated rings. The minimum atomic E-state index is 0.0368. The zero-order valence-corrected chi connectivity index (χ0v) is 18.2. The van der Waals surface area contributed by atoms with E-state index in [0.29, 0.717) is 5.69 Å². The molecule has 1 aromatic carbocycles. The molecule has 4 aromatic rings. The van der Waals surface area contributed by atoms with E-state index in [9.17, 15) is 0 Å². The average molecular weight is 444 g/mol. The van der Waals surface area contributed by atoms with Gasteiger partial charge in [0.1, 0.15) is 0 Å². The highest BCUT2D eigenvalue weighted by molar-refractivity contribution is 5.88. The summed E-state index contributed by atoms with van der Waals surface area (Å²) < 4.78 is 0. The maximum atomic E-state index is 5.51. The molecule has 0 aliphatic carbocycles. The van der Waals surface area contributed by atoms with E-state index < -0.39 is 0 Å². The maximum absolute atomic E-state index is 5.51. The summed E-state index contributed by atoms with van der Waals surface area (Å²) in [5, 5.41) is 0. The second kappa shape index (κ2) is 7.90. The Balaban J connectivity index is 1.59. The summed E-state index contributed by atoms with van der Waals surface area (Å²) in [5.41, 5.74) is 21.3. The molecular weight excluding hydrogens is 422 g/mol. The fourth-order valence-electron chi connectivity index (χ4n) is 4.12. The number of hydrogen-bond donors (Lipinski definition) is 4. The average Bonchev–Trinajstić information content (AvgIpc) is 3.59. The number of fused-ring (bicyclic) bond motifs is 8. The van der Waals surface area contributed by atoms with Crippen LogP contribution in [0.1, 0.15) is 22.8 Å². The Hall–Kier alpha value is -4.91. The second-order valence-electron chi connectivity index (χ2n) is 8.17. The van der Waals surface area contributed by atoms with Crippen LogP contribution in [-0.4, -0.2) is 25.9 Å². The number of nitrogens with zero attached hydrogens (tertiary/aromatic N) is 3. The summed E-state index contributed by atoms with van der Waals surface area (Å²) in [5.74, 6) is 0.0368. The van der Waals surface area contributed by atoms with E-state index in [1.165, 1.54) is 0 Å². The minimum Gasteiger partial charge on any atom is -0.370 e. The van der Waals surface area contributed by atoms with E-state index in [2.05, 4.69) is 44.2 Å². The molecule has 8 bridgehead atoms. The number of aromatic nitrogens is 4. The van der Waals surface area contributed by atoms with Crippen molar-refractivity contribution in [3.8, 4) is 11.1 Å². The molecule has 6 rings (SSSR count). The Morgan fingerprint density at radius 2 is 1.24 bits per heavy atom. The van der Waals surface area contributed by atoms with Gasteiger partial charge in [0.15, 0.2) is 5.96 Å². The highest BCUT2D eigenvalue weighted by Gasteiger charge is 2.07. The highest BCUT2D eigenvalue weighted by Crippen LogP contribution is 2.29. The van der Waals surface area contributed by atoms with Crippen molar-refractivity contribution in [2.45, 2.75) is 0 Å². The van der Waals surface area contributed by atoms with Crippen LogP contribution in [0.3, 0.4) is 0 Å². The Morgan fingerprint density at radius 3 is 1.91 bits per heavy atom. The number of nitrogens with one attached hydrogen (secondary N) is 2. The van der Waals surface area contributed by atoms with Crippen molar-refractivity contribution in [2.75, 3.05) is 0 Å². The van der Waals surface area contributed by atoms with Crippen LogP contribution in [0, 0.1) is 0 Å². The molecule has 0 saturated heterocycles. The SMILES string of the molecule is NC(N)=Nc1ccc(-c2cc3cc4ccc(cc5nc(cc6nc(cc2[nH]3)C=C6)C=C5)[nH]4)cc1. The molecule has 0 amide bonds. The van der Waals surface area contributed by atoms with Crippen LogP contribution in [0.2, 0.25) is 0 Å². The van der Waals surface area contributed by atoms with Crippen LogP contribution >= 0.6 is 0 Å². The Labute approximate surface area is 195 Å². The van der Waals surface area contributed by atoms with Gasteiger partial charge in [-0.1, -0.05) is 12.1 Å². The smallest absolute Gasteiger partial charge is 0.191 e. The van der Waals surface area contributed by atoms with Gasteiger partial charge in [-0.05, 0) is 84.5 Å². The van der Waals surface area contributed by atoms with Crippen LogP contribution in [0.25, 0.3) is 57.5 Å². The molecule has 164 valence electrons. The lowest BCUT2D eigenvalue weighted by Gasteiger charge is -2.00. The summed E-state index contributed by atoms with van der Waals surface area (Å²) in [4.78, 5) is 20.5. The molecule has 34 heavy (non-hydrogen) atoms. The van der Waals surface area contributed by atoms with E-state index >= 15 is 0 Å². The van der Waals surface area contributed by atoms with Crippen molar-refractivity contribution in [3.63, 3.8) is 0 Å². The van der Waals surface area contributed by atoms with Crippen molar-refractivity contribution in [1.29, 1.82) is 0 Å². The first kappa shape index (κ1) is 19.8. The van der Waals surface area contributed by atoms with Crippen LogP contribution in [-0.2, 0) is 0 Å². The fourth-order valence-corrected chi connectivity index (χ4v) is 4.12. The van der Waals surface area contributed by atoms with Gasteiger partial charge in [-0.25, -0.2) is 15.0 Å². The van der Waals surface area contributed by atoms with Gasteiger partial charge in [0.25, 0.3) is 0 Å². The Morgan fingerprint density at radius 1 is 0.618 bits per heavy atom. The molecule has 7 nitrogen and oxygen atoms in total. The lowest BCUT2D eigenvalue weighted by atomic mass is 10.1. The topological polar surface area (TPSA) is 122 Å². The summed E-state index contributed by atoms with van der Waals surface area (Å²) in [6, 6.07) is 22.2. The summed E-state index contributed by atoms with van der Waals surface area (Å²) in [6.45, 7) is 0. The summed E-state index contributed by atoms with van der Waals surface area (Å²) in [6.07, 6.45) is 8.01. The van der Waals surface area contributed by atoms with Gasteiger partial charge in [-0.2, -0.15) is 0 Å².